The molecule has 1 heterocycles. The predicted octanol–water partition coefficient (Wildman–Crippen LogP) is 4.57. The molecule has 1 N–H and O–H groups in total. The van der Waals surface area contributed by atoms with E-state index >= 15 is 0 Å². The van der Waals surface area contributed by atoms with Crippen molar-refractivity contribution < 1.29 is 14.7 Å². The van der Waals surface area contributed by atoms with Gasteiger partial charge in [0.1, 0.15) is 6.10 Å². The van der Waals surface area contributed by atoms with Crippen molar-refractivity contribution in [3.8, 4) is 0 Å². The fourth-order valence-corrected chi connectivity index (χ4v) is 4.15. The number of ether oxygens (including phenoxy) is 1. The van der Waals surface area contributed by atoms with Gasteiger partial charge in [-0.25, -0.2) is 0 Å². The molecule has 172 valence electrons. The topological polar surface area (TPSA) is 54.3 Å². The van der Waals surface area contributed by atoms with E-state index in [2.05, 4.69) is 41.2 Å². The van der Waals surface area contributed by atoms with Crippen LogP contribution >= 0.6 is 0 Å². The van der Waals surface area contributed by atoms with Gasteiger partial charge in [-0.05, 0) is 23.6 Å². The number of aliphatic hydroxyl groups excluding tert-OH is 1. The largest absolute Gasteiger partial charge is 0.390 e. The van der Waals surface area contributed by atoms with E-state index in [1.54, 1.807) is 0 Å². The van der Waals surface area contributed by atoms with Gasteiger partial charge in [0.25, 0.3) is 0 Å². The van der Waals surface area contributed by atoms with Crippen LogP contribution < -0.4 is 0 Å². The molecule has 0 aliphatic carbocycles. The average molecular weight is 445 g/mol. The Kier molecular flexibility index (Phi) is 8.25. The van der Waals surface area contributed by atoms with E-state index in [9.17, 15) is 5.11 Å². The summed E-state index contributed by atoms with van der Waals surface area (Å²) in [7, 11) is 0. The third-order valence-corrected chi connectivity index (χ3v) is 5.79. The number of nitrogens with zero attached hydrogens (tertiary/aromatic N) is 2. The SMILES string of the molecule is Cc1ccccc1C1=NO[C@@H](CN(Cc2ccccc2)C[C@@H](O)COCc2ccccc2)C1. The molecule has 5 nitrogen and oxygen atoms in total. The maximum absolute atomic E-state index is 10.7. The second kappa shape index (κ2) is 11.8. The molecule has 4 rings (SSSR count). The zero-order chi connectivity index (χ0) is 22.9. The molecule has 0 spiro atoms. The lowest BCUT2D eigenvalue weighted by Crippen LogP contribution is -2.39. The van der Waals surface area contributed by atoms with E-state index in [-0.39, 0.29) is 12.7 Å². The van der Waals surface area contributed by atoms with Crippen LogP contribution in [0.3, 0.4) is 0 Å². The summed E-state index contributed by atoms with van der Waals surface area (Å²) >= 11 is 0. The average Bonchev–Trinajstić information content (AvgIpc) is 3.29. The Morgan fingerprint density at radius 3 is 2.36 bits per heavy atom. The number of oxime groups is 1. The predicted molar refractivity (Wildman–Crippen MR) is 131 cm³/mol. The zero-order valence-electron chi connectivity index (χ0n) is 19.1. The van der Waals surface area contributed by atoms with Gasteiger partial charge in [0.2, 0.25) is 0 Å². The third-order valence-electron chi connectivity index (χ3n) is 5.79. The molecule has 1 aliphatic heterocycles. The summed E-state index contributed by atoms with van der Waals surface area (Å²) < 4.78 is 5.76. The van der Waals surface area contributed by atoms with Crippen molar-refractivity contribution in [3.63, 3.8) is 0 Å². The summed E-state index contributed by atoms with van der Waals surface area (Å²) in [5, 5.41) is 15.1. The summed E-state index contributed by atoms with van der Waals surface area (Å²) in [6, 6.07) is 28.6. The quantitative estimate of drug-likeness (QED) is 0.471. The van der Waals surface area contributed by atoms with Gasteiger partial charge < -0.3 is 14.7 Å². The van der Waals surface area contributed by atoms with Crippen LogP contribution in [0.25, 0.3) is 0 Å². The Hall–Kier alpha value is -2.99. The van der Waals surface area contributed by atoms with Gasteiger partial charge in [-0.1, -0.05) is 90.1 Å². The molecule has 0 amide bonds. The van der Waals surface area contributed by atoms with E-state index in [0.29, 0.717) is 19.7 Å². The van der Waals surface area contributed by atoms with E-state index in [4.69, 9.17) is 9.57 Å². The molecule has 0 fully saturated rings. The van der Waals surface area contributed by atoms with Gasteiger partial charge in [-0.3, -0.25) is 4.90 Å². The Labute approximate surface area is 196 Å². The smallest absolute Gasteiger partial charge is 0.145 e. The number of aliphatic hydroxyl groups is 1. The molecule has 0 bridgehead atoms. The van der Waals surface area contributed by atoms with Gasteiger partial charge in [-0.2, -0.15) is 0 Å². The highest BCUT2D eigenvalue weighted by Crippen LogP contribution is 2.21. The molecule has 3 aromatic carbocycles. The number of hydrogen-bond donors (Lipinski definition) is 1. The molecule has 0 unspecified atom stereocenters. The van der Waals surface area contributed by atoms with Gasteiger partial charge in [0.05, 0.1) is 25.0 Å². The van der Waals surface area contributed by atoms with Gasteiger partial charge in [0.15, 0.2) is 0 Å². The fraction of sp³-hybridized carbons (Fsp3) is 0.321. The van der Waals surface area contributed by atoms with Crippen LogP contribution in [-0.4, -0.2) is 47.6 Å². The zero-order valence-corrected chi connectivity index (χ0v) is 19.1. The summed E-state index contributed by atoms with van der Waals surface area (Å²) in [6.45, 7) is 4.80. The van der Waals surface area contributed by atoms with Crippen LogP contribution in [0, 0.1) is 6.92 Å². The lowest BCUT2D eigenvalue weighted by atomic mass is 10.00. The summed E-state index contributed by atoms with van der Waals surface area (Å²) in [5.74, 6) is 0. The normalized spacial score (nSPS) is 16.5. The number of hydrogen-bond acceptors (Lipinski definition) is 5. The standard InChI is InChI=1S/C28H32N2O3/c1-22-10-8-9-15-27(22)28-16-26(33-29-28)19-30(17-23-11-4-2-5-12-23)18-25(31)21-32-20-24-13-6-3-7-14-24/h2-15,25-26,31H,16-21H2,1H3/t25-,26-/m1/s1. The van der Waals surface area contributed by atoms with Crippen molar-refractivity contribution in [2.75, 3.05) is 19.7 Å². The highest BCUT2D eigenvalue weighted by atomic mass is 16.6. The van der Waals surface area contributed by atoms with Gasteiger partial charge in [0, 0.05) is 31.6 Å². The Balaban J connectivity index is 1.33. The van der Waals surface area contributed by atoms with Crippen LogP contribution in [0.15, 0.2) is 90.1 Å². The lowest BCUT2D eigenvalue weighted by molar-refractivity contribution is -0.00648. The molecule has 2 atom stereocenters. The number of rotatable bonds is 11. The highest BCUT2D eigenvalue weighted by molar-refractivity contribution is 6.02. The second-order valence-corrected chi connectivity index (χ2v) is 8.62. The van der Waals surface area contributed by atoms with Crippen molar-refractivity contribution in [2.24, 2.45) is 5.16 Å². The molecule has 33 heavy (non-hydrogen) atoms. The minimum Gasteiger partial charge on any atom is -0.390 e. The van der Waals surface area contributed by atoms with Crippen LogP contribution in [-0.2, 0) is 22.7 Å². The molecule has 0 radical (unpaired) electrons. The minimum absolute atomic E-state index is 0.0410. The first-order chi connectivity index (χ1) is 16.2. The number of benzene rings is 3. The molecule has 5 heteroatoms. The monoisotopic (exact) mass is 444 g/mol. The maximum atomic E-state index is 10.7. The van der Waals surface area contributed by atoms with Crippen LogP contribution in [0.5, 0.6) is 0 Å². The molecule has 0 aromatic heterocycles. The first-order valence-corrected chi connectivity index (χ1v) is 11.5. The molecule has 0 saturated carbocycles. The van der Waals surface area contributed by atoms with E-state index in [0.717, 1.165) is 29.8 Å². The maximum Gasteiger partial charge on any atom is 0.145 e. The van der Waals surface area contributed by atoms with Crippen molar-refractivity contribution >= 4 is 5.71 Å². The van der Waals surface area contributed by atoms with Gasteiger partial charge in [-0.15, -0.1) is 0 Å². The third kappa shape index (κ3) is 6.99. The molecule has 3 aromatic rings. The lowest BCUT2D eigenvalue weighted by Gasteiger charge is -2.27. The second-order valence-electron chi connectivity index (χ2n) is 8.62. The van der Waals surface area contributed by atoms with Crippen molar-refractivity contribution in [1.82, 2.24) is 4.90 Å². The molecular weight excluding hydrogens is 412 g/mol. The Bertz CT molecular complexity index is 1020. The van der Waals surface area contributed by atoms with Crippen molar-refractivity contribution in [1.29, 1.82) is 0 Å². The van der Waals surface area contributed by atoms with E-state index in [1.807, 2.05) is 60.7 Å². The minimum atomic E-state index is -0.587. The fourth-order valence-electron chi connectivity index (χ4n) is 4.15. The van der Waals surface area contributed by atoms with Crippen LogP contribution in [0.4, 0.5) is 0 Å². The highest BCUT2D eigenvalue weighted by Gasteiger charge is 2.26. The first-order valence-electron chi connectivity index (χ1n) is 11.5. The molecule has 1 aliphatic rings. The van der Waals surface area contributed by atoms with E-state index in [1.165, 1.54) is 11.1 Å². The van der Waals surface area contributed by atoms with E-state index < -0.39 is 6.10 Å². The molecular formula is C28H32N2O3. The summed E-state index contributed by atoms with van der Waals surface area (Å²) in [6.07, 6.45) is 0.132. The number of aryl methyl sites for hydroxylation is 1. The molecule has 0 saturated heterocycles. The summed E-state index contributed by atoms with van der Waals surface area (Å²) in [5.41, 5.74) is 5.64. The van der Waals surface area contributed by atoms with Crippen LogP contribution in [0.1, 0.15) is 28.7 Å². The Morgan fingerprint density at radius 1 is 0.970 bits per heavy atom. The first kappa shape index (κ1) is 23.2. The van der Waals surface area contributed by atoms with Crippen molar-refractivity contribution in [3.05, 3.63) is 107 Å². The Morgan fingerprint density at radius 2 is 1.64 bits per heavy atom. The van der Waals surface area contributed by atoms with Crippen LogP contribution in [0.2, 0.25) is 0 Å². The van der Waals surface area contributed by atoms with Gasteiger partial charge >= 0.3 is 0 Å². The summed E-state index contributed by atoms with van der Waals surface area (Å²) in [4.78, 5) is 8.03. The van der Waals surface area contributed by atoms with Crippen molar-refractivity contribution in [2.45, 2.75) is 38.7 Å².